The van der Waals surface area contributed by atoms with Gasteiger partial charge in [-0.05, 0) is 40.9 Å². The second-order valence-electron chi connectivity index (χ2n) is 4.59. The van der Waals surface area contributed by atoms with Gasteiger partial charge >= 0.3 is 0 Å². The molecule has 1 aromatic heterocycles. The lowest BCUT2D eigenvalue weighted by atomic mass is 9.88. The molecule has 1 aromatic rings. The van der Waals surface area contributed by atoms with Gasteiger partial charge in [0.2, 0.25) is 0 Å². The van der Waals surface area contributed by atoms with Gasteiger partial charge in [0.05, 0.1) is 5.54 Å². The van der Waals surface area contributed by atoms with Crippen LogP contribution in [0.3, 0.4) is 0 Å². The van der Waals surface area contributed by atoms with Crippen molar-refractivity contribution in [2.75, 3.05) is 6.54 Å². The molecule has 5 heteroatoms. The van der Waals surface area contributed by atoms with Gasteiger partial charge < -0.3 is 11.1 Å². The summed E-state index contributed by atoms with van der Waals surface area (Å²) in [6.07, 6.45) is 1.60. The largest absolute Gasteiger partial charge is 0.344 e. The molecule has 1 unspecified atom stereocenters. The van der Waals surface area contributed by atoms with Gasteiger partial charge in [0.1, 0.15) is 5.69 Å². The summed E-state index contributed by atoms with van der Waals surface area (Å²) < 4.78 is 0.847. The lowest BCUT2D eigenvalue weighted by molar-refractivity contribution is 0.0878. The topological polar surface area (TPSA) is 68.0 Å². The van der Waals surface area contributed by atoms with Crippen molar-refractivity contribution >= 4 is 21.8 Å². The summed E-state index contributed by atoms with van der Waals surface area (Å²) in [4.78, 5) is 16.0. The Morgan fingerprint density at radius 3 is 2.65 bits per heavy atom. The van der Waals surface area contributed by atoms with Crippen LogP contribution in [0.4, 0.5) is 0 Å². The van der Waals surface area contributed by atoms with E-state index in [0.717, 1.165) is 4.47 Å². The molecular weight excluding hydrogens is 282 g/mol. The molecule has 4 nitrogen and oxygen atoms in total. The molecule has 0 aliphatic carbocycles. The molecule has 3 N–H and O–H groups in total. The highest BCUT2D eigenvalue weighted by Gasteiger charge is 2.29. The highest BCUT2D eigenvalue weighted by molar-refractivity contribution is 9.10. The average molecular weight is 300 g/mol. The minimum absolute atomic E-state index is 0.195. The van der Waals surface area contributed by atoms with E-state index in [1.54, 1.807) is 18.3 Å². The third kappa shape index (κ3) is 3.51. The third-order valence-corrected chi connectivity index (χ3v) is 3.53. The Labute approximate surface area is 110 Å². The van der Waals surface area contributed by atoms with E-state index in [0.29, 0.717) is 12.2 Å². The van der Waals surface area contributed by atoms with Gasteiger partial charge in [-0.3, -0.25) is 4.79 Å². The number of nitrogens with one attached hydrogen (secondary N) is 1. The number of hydrogen-bond donors (Lipinski definition) is 2. The average Bonchev–Trinajstić information content (AvgIpc) is 2.29. The van der Waals surface area contributed by atoms with Crippen LogP contribution in [0, 0.1) is 5.92 Å². The van der Waals surface area contributed by atoms with Crippen LogP contribution in [0.15, 0.2) is 22.8 Å². The molecule has 0 radical (unpaired) electrons. The summed E-state index contributed by atoms with van der Waals surface area (Å²) in [6, 6.07) is 3.47. The first-order valence-corrected chi connectivity index (χ1v) is 6.32. The Hall–Kier alpha value is -0.940. The second-order valence-corrected chi connectivity index (χ2v) is 5.51. The highest BCUT2D eigenvalue weighted by Crippen LogP contribution is 2.16. The fourth-order valence-electron chi connectivity index (χ4n) is 1.26. The van der Waals surface area contributed by atoms with Crippen molar-refractivity contribution in [1.29, 1.82) is 0 Å². The van der Waals surface area contributed by atoms with Crippen molar-refractivity contribution in [1.82, 2.24) is 10.3 Å². The molecule has 0 spiro atoms. The number of pyridine rings is 1. The molecule has 0 aromatic carbocycles. The zero-order chi connectivity index (χ0) is 13.1. The fraction of sp³-hybridized carbons (Fsp3) is 0.500. The van der Waals surface area contributed by atoms with Gasteiger partial charge in [-0.15, -0.1) is 0 Å². The summed E-state index contributed by atoms with van der Waals surface area (Å²) in [5, 5.41) is 2.94. The predicted molar refractivity (Wildman–Crippen MR) is 71.7 cm³/mol. The number of amides is 1. The van der Waals surface area contributed by atoms with E-state index in [1.165, 1.54) is 0 Å². The van der Waals surface area contributed by atoms with Crippen molar-refractivity contribution in [3.05, 3.63) is 28.5 Å². The quantitative estimate of drug-likeness (QED) is 0.893. The molecular formula is C12H18BrN3O. The predicted octanol–water partition coefficient (Wildman–Crippen LogP) is 1.95. The fourth-order valence-corrected chi connectivity index (χ4v) is 1.50. The van der Waals surface area contributed by atoms with Crippen LogP contribution in [0.5, 0.6) is 0 Å². The van der Waals surface area contributed by atoms with Gasteiger partial charge in [-0.25, -0.2) is 4.98 Å². The number of nitrogens with two attached hydrogens (primary N) is 1. The van der Waals surface area contributed by atoms with Crippen LogP contribution in [0.25, 0.3) is 0 Å². The molecule has 0 fully saturated rings. The first kappa shape index (κ1) is 14.1. The van der Waals surface area contributed by atoms with E-state index in [1.807, 2.05) is 20.8 Å². The van der Waals surface area contributed by atoms with E-state index in [2.05, 4.69) is 26.2 Å². The molecule has 1 rings (SSSR count). The van der Waals surface area contributed by atoms with Gasteiger partial charge in [0.15, 0.2) is 0 Å². The SMILES string of the molecule is CC(C)C(C)(CN)NC(=O)c1ccc(Br)cn1. The van der Waals surface area contributed by atoms with Gasteiger partial charge in [0, 0.05) is 17.2 Å². The minimum Gasteiger partial charge on any atom is -0.344 e. The van der Waals surface area contributed by atoms with Crippen LogP contribution in [-0.2, 0) is 0 Å². The first-order valence-electron chi connectivity index (χ1n) is 5.53. The lowest BCUT2D eigenvalue weighted by Crippen LogP contribution is -2.55. The summed E-state index contributed by atoms with van der Waals surface area (Å²) in [7, 11) is 0. The van der Waals surface area contributed by atoms with E-state index in [9.17, 15) is 4.79 Å². The molecule has 0 saturated heterocycles. The molecule has 1 amide bonds. The Balaban J connectivity index is 2.81. The maximum atomic E-state index is 12.0. The molecule has 0 aliphatic rings. The van der Waals surface area contributed by atoms with Crippen LogP contribution in [-0.4, -0.2) is 23.0 Å². The standard InChI is InChI=1S/C12H18BrN3O/c1-8(2)12(3,7-14)16-11(17)10-5-4-9(13)6-15-10/h4-6,8H,7,14H2,1-3H3,(H,16,17). The Morgan fingerprint density at radius 2 is 2.24 bits per heavy atom. The molecule has 94 valence electrons. The second kappa shape index (κ2) is 5.60. The first-order chi connectivity index (χ1) is 7.89. The van der Waals surface area contributed by atoms with Crippen molar-refractivity contribution in [2.45, 2.75) is 26.3 Å². The summed E-state index contributed by atoms with van der Waals surface area (Å²) in [5.74, 6) is 0.0612. The zero-order valence-corrected chi connectivity index (χ0v) is 11.9. The molecule has 1 heterocycles. The summed E-state index contributed by atoms with van der Waals surface area (Å²) >= 11 is 3.28. The highest BCUT2D eigenvalue weighted by atomic mass is 79.9. The molecule has 0 aliphatic heterocycles. The molecule has 17 heavy (non-hydrogen) atoms. The van der Waals surface area contributed by atoms with E-state index in [-0.39, 0.29) is 11.8 Å². The lowest BCUT2D eigenvalue weighted by Gasteiger charge is -2.33. The maximum Gasteiger partial charge on any atom is 0.270 e. The molecule has 0 saturated carbocycles. The van der Waals surface area contributed by atoms with Crippen LogP contribution < -0.4 is 11.1 Å². The monoisotopic (exact) mass is 299 g/mol. The number of aromatic nitrogens is 1. The normalized spacial score (nSPS) is 14.5. The number of hydrogen-bond acceptors (Lipinski definition) is 3. The van der Waals surface area contributed by atoms with Gasteiger partial charge in [-0.2, -0.15) is 0 Å². The van der Waals surface area contributed by atoms with Crippen LogP contribution >= 0.6 is 15.9 Å². The number of carbonyl (C=O) groups excluding carboxylic acids is 1. The van der Waals surface area contributed by atoms with Crippen molar-refractivity contribution in [2.24, 2.45) is 11.7 Å². The van der Waals surface area contributed by atoms with E-state index >= 15 is 0 Å². The Kier molecular flexibility index (Phi) is 4.65. The maximum absolute atomic E-state index is 12.0. The van der Waals surface area contributed by atoms with Gasteiger partial charge in [0.25, 0.3) is 5.91 Å². The van der Waals surface area contributed by atoms with Crippen molar-refractivity contribution < 1.29 is 4.79 Å². The smallest absolute Gasteiger partial charge is 0.270 e. The number of nitrogens with zero attached hydrogens (tertiary/aromatic N) is 1. The molecule has 1 atom stereocenters. The number of rotatable bonds is 4. The van der Waals surface area contributed by atoms with E-state index < -0.39 is 5.54 Å². The Bertz CT molecular complexity index is 391. The third-order valence-electron chi connectivity index (χ3n) is 3.06. The van der Waals surface area contributed by atoms with Crippen LogP contribution in [0.1, 0.15) is 31.3 Å². The zero-order valence-electron chi connectivity index (χ0n) is 10.3. The summed E-state index contributed by atoms with van der Waals surface area (Å²) in [6.45, 7) is 6.39. The minimum atomic E-state index is -0.411. The van der Waals surface area contributed by atoms with Gasteiger partial charge in [-0.1, -0.05) is 13.8 Å². The summed E-state index contributed by atoms with van der Waals surface area (Å²) in [5.41, 5.74) is 5.70. The van der Waals surface area contributed by atoms with Crippen LogP contribution in [0.2, 0.25) is 0 Å². The molecule has 0 bridgehead atoms. The number of halogens is 1. The van der Waals surface area contributed by atoms with E-state index in [4.69, 9.17) is 5.73 Å². The number of carbonyl (C=O) groups is 1. The van der Waals surface area contributed by atoms with Crippen molar-refractivity contribution in [3.8, 4) is 0 Å². The van der Waals surface area contributed by atoms with Crippen molar-refractivity contribution in [3.63, 3.8) is 0 Å². The Morgan fingerprint density at radius 1 is 1.59 bits per heavy atom.